The molecule has 0 bridgehead atoms. The van der Waals surface area contributed by atoms with E-state index in [0.717, 1.165) is 17.8 Å². The van der Waals surface area contributed by atoms with Crippen molar-refractivity contribution in [1.82, 2.24) is 34.6 Å². The van der Waals surface area contributed by atoms with Gasteiger partial charge < -0.3 is 5.32 Å². The molecule has 0 unspecified atom stereocenters. The van der Waals surface area contributed by atoms with Gasteiger partial charge in [0.2, 0.25) is 5.91 Å². The van der Waals surface area contributed by atoms with E-state index in [2.05, 4.69) is 25.4 Å². The monoisotopic (exact) mass is 667 g/mol. The van der Waals surface area contributed by atoms with Crippen molar-refractivity contribution in [2.45, 2.75) is 63.5 Å². The minimum absolute atomic E-state index is 0.00974. The van der Waals surface area contributed by atoms with Gasteiger partial charge in [0.1, 0.15) is 35.4 Å². The van der Waals surface area contributed by atoms with Crippen LogP contribution in [-0.4, -0.2) is 35.2 Å². The third-order valence-corrected chi connectivity index (χ3v) is 8.76. The molecule has 7 rings (SSSR count). The molecule has 0 spiro atoms. The minimum Gasteiger partial charge on any atom is -0.344 e. The van der Waals surface area contributed by atoms with Gasteiger partial charge in [-0.25, -0.2) is 27.5 Å². The lowest BCUT2D eigenvalue weighted by Gasteiger charge is -2.23. The summed E-state index contributed by atoms with van der Waals surface area (Å²) in [6, 6.07) is 7.81. The molecule has 1 N–H and O–H groups in total. The molecule has 1 fully saturated rings. The number of carbonyl (C=O) groups excluding carboxylic acids is 1. The smallest absolute Gasteiger partial charge is 0.293 e. The highest BCUT2D eigenvalue weighted by Crippen LogP contribution is 2.68. The number of pyridine rings is 2. The first-order valence-electron chi connectivity index (χ1n) is 15.2. The van der Waals surface area contributed by atoms with E-state index in [1.54, 1.807) is 18.2 Å². The van der Waals surface area contributed by atoms with Crippen molar-refractivity contribution in [3.05, 3.63) is 111 Å². The van der Waals surface area contributed by atoms with E-state index in [4.69, 9.17) is 0 Å². The number of nitrogens with zero attached hydrogens (tertiary/aromatic N) is 6. The van der Waals surface area contributed by atoms with E-state index in [-0.39, 0.29) is 52.4 Å². The Balaban J connectivity index is 1.33. The molecule has 0 saturated heterocycles. The average molecular weight is 668 g/mol. The largest absolute Gasteiger partial charge is 0.344 e. The highest BCUT2D eigenvalue weighted by Gasteiger charge is 2.67. The van der Waals surface area contributed by atoms with Crippen molar-refractivity contribution in [3.63, 3.8) is 0 Å². The zero-order valence-electron chi connectivity index (χ0n) is 25.5. The van der Waals surface area contributed by atoms with Crippen molar-refractivity contribution in [3.8, 4) is 5.69 Å². The number of amides is 1. The molecule has 9 nitrogen and oxygen atoms in total. The molecule has 2 aliphatic carbocycles. The number of hydrogen-bond acceptors (Lipinski definition) is 6. The molecule has 15 heteroatoms. The predicted octanol–water partition coefficient (Wildman–Crippen LogP) is 6.02. The van der Waals surface area contributed by atoms with E-state index in [1.165, 1.54) is 23.0 Å². The average Bonchev–Trinajstić information content (AvgIpc) is 3.69. The second kappa shape index (κ2) is 11.6. The number of alkyl halides is 4. The maximum atomic E-state index is 15.2. The summed E-state index contributed by atoms with van der Waals surface area (Å²) in [6.45, 7) is 2.99. The number of halogens is 6. The SMILES string of the molecule is CC(C)c1ccc(-n2c([C@H](Cc3cc(F)cc(F)c3)NC(=O)Cn3nc(C(F)F)c4c3C(F)(F)[C@@H]3C[C@H]43)nc3ncccc3c2=O)cn1. The quantitative estimate of drug-likeness (QED) is 0.193. The van der Waals surface area contributed by atoms with E-state index < -0.39 is 71.3 Å². The van der Waals surface area contributed by atoms with Crippen molar-refractivity contribution >= 4 is 16.9 Å². The fraction of sp³-hybridized carbons (Fsp3) is 0.333. The molecule has 2 aliphatic rings. The predicted molar refractivity (Wildman–Crippen MR) is 160 cm³/mol. The Morgan fingerprint density at radius 2 is 1.83 bits per heavy atom. The first-order chi connectivity index (χ1) is 22.8. The first kappa shape index (κ1) is 31.5. The van der Waals surface area contributed by atoms with Crippen LogP contribution in [0.15, 0.2) is 59.7 Å². The van der Waals surface area contributed by atoms with Gasteiger partial charge in [-0.2, -0.15) is 13.9 Å². The van der Waals surface area contributed by atoms with E-state index >= 15 is 8.78 Å². The summed E-state index contributed by atoms with van der Waals surface area (Å²) in [6.07, 6.45) is -0.551. The summed E-state index contributed by atoms with van der Waals surface area (Å²) in [7, 11) is 0. The topological polar surface area (TPSA) is 108 Å². The van der Waals surface area contributed by atoms with Crippen LogP contribution in [0.3, 0.4) is 0 Å². The molecule has 1 aromatic carbocycles. The van der Waals surface area contributed by atoms with Gasteiger partial charge in [-0.1, -0.05) is 13.8 Å². The van der Waals surface area contributed by atoms with Gasteiger partial charge in [0.15, 0.2) is 5.65 Å². The number of benzene rings is 1. The number of rotatable bonds is 9. The van der Waals surface area contributed by atoms with Crippen LogP contribution in [-0.2, 0) is 23.7 Å². The zero-order chi connectivity index (χ0) is 34.1. The molecule has 3 atom stereocenters. The van der Waals surface area contributed by atoms with Gasteiger partial charge in [0.25, 0.3) is 17.9 Å². The Morgan fingerprint density at radius 3 is 2.50 bits per heavy atom. The van der Waals surface area contributed by atoms with Gasteiger partial charge in [0, 0.05) is 35.9 Å². The number of nitrogens with one attached hydrogen (secondary N) is 1. The normalized spacial score (nSPS) is 18.3. The lowest BCUT2D eigenvalue weighted by atomic mass is 10.0. The second-order valence-corrected chi connectivity index (χ2v) is 12.4. The Labute approximate surface area is 268 Å². The highest BCUT2D eigenvalue weighted by atomic mass is 19.3. The van der Waals surface area contributed by atoms with Gasteiger partial charge in [-0.05, 0) is 60.2 Å². The van der Waals surface area contributed by atoms with E-state index in [0.29, 0.717) is 10.7 Å². The van der Waals surface area contributed by atoms with Gasteiger partial charge >= 0.3 is 0 Å². The van der Waals surface area contributed by atoms with Crippen molar-refractivity contribution < 1.29 is 31.1 Å². The van der Waals surface area contributed by atoms with Gasteiger partial charge in [-0.15, -0.1) is 0 Å². The summed E-state index contributed by atoms with van der Waals surface area (Å²) in [5.41, 5.74) is -1.26. The molecule has 1 saturated carbocycles. The lowest BCUT2D eigenvalue weighted by molar-refractivity contribution is -0.123. The molecular weight excluding hydrogens is 640 g/mol. The van der Waals surface area contributed by atoms with Crippen LogP contribution in [0.4, 0.5) is 26.3 Å². The Kier molecular flexibility index (Phi) is 7.59. The van der Waals surface area contributed by atoms with Crippen molar-refractivity contribution in [2.75, 3.05) is 0 Å². The lowest BCUT2D eigenvalue weighted by Crippen LogP contribution is -2.38. The first-order valence-corrected chi connectivity index (χ1v) is 15.2. The molecule has 0 aliphatic heterocycles. The maximum Gasteiger partial charge on any atom is 0.293 e. The summed E-state index contributed by atoms with van der Waals surface area (Å²) in [5, 5.41) is 6.47. The standard InChI is InChI=1S/C33H27F6N7O2/c1-15(2)23-6-5-19(13-41-23)46-31(43-30-20(32(46)48)4-3-7-40-30)24(10-16-8-17(34)11-18(35)9-16)42-25(47)14-45-28-26(27(44-45)29(36)37)21-12-22(21)33(28,38)39/h3-9,11,13,15,21-22,24,29H,10,12,14H2,1-2H3,(H,42,47)/t21-,22+,24-/m0/s1. The van der Waals surface area contributed by atoms with Crippen molar-refractivity contribution in [2.24, 2.45) is 5.92 Å². The number of carbonyl (C=O) groups is 1. The van der Waals surface area contributed by atoms with Crippen LogP contribution >= 0.6 is 0 Å². The fourth-order valence-electron chi connectivity index (χ4n) is 6.52. The molecule has 248 valence electrons. The third-order valence-electron chi connectivity index (χ3n) is 8.76. The van der Waals surface area contributed by atoms with Crippen LogP contribution in [0.25, 0.3) is 16.7 Å². The summed E-state index contributed by atoms with van der Waals surface area (Å²) < 4.78 is 88.5. The third kappa shape index (κ3) is 5.40. The summed E-state index contributed by atoms with van der Waals surface area (Å²) in [4.78, 5) is 40.8. The fourth-order valence-corrected chi connectivity index (χ4v) is 6.52. The molecule has 4 aromatic heterocycles. The van der Waals surface area contributed by atoms with Crippen LogP contribution < -0.4 is 10.9 Å². The molecular formula is C33H27F6N7O2. The molecule has 4 heterocycles. The van der Waals surface area contributed by atoms with Crippen LogP contribution in [0.2, 0.25) is 0 Å². The molecule has 48 heavy (non-hydrogen) atoms. The number of fused-ring (bicyclic) bond motifs is 4. The second-order valence-electron chi connectivity index (χ2n) is 12.4. The summed E-state index contributed by atoms with van der Waals surface area (Å²) in [5.74, 6) is -8.14. The van der Waals surface area contributed by atoms with Gasteiger partial charge in [-0.3, -0.25) is 23.8 Å². The van der Waals surface area contributed by atoms with E-state index in [1.807, 2.05) is 13.8 Å². The number of aromatic nitrogens is 6. The number of hydrogen-bond donors (Lipinski definition) is 1. The highest BCUT2D eigenvalue weighted by molar-refractivity contribution is 5.77. The molecule has 0 radical (unpaired) electrons. The minimum atomic E-state index is -3.46. The van der Waals surface area contributed by atoms with E-state index in [9.17, 15) is 27.2 Å². The molecule has 1 amide bonds. The Hall–Kier alpha value is -5.08. The Bertz CT molecular complexity index is 2110. The summed E-state index contributed by atoms with van der Waals surface area (Å²) >= 11 is 0. The van der Waals surface area contributed by atoms with Crippen LogP contribution in [0, 0.1) is 17.6 Å². The van der Waals surface area contributed by atoms with Crippen LogP contribution in [0.1, 0.15) is 78.6 Å². The maximum absolute atomic E-state index is 15.2. The molecule has 5 aromatic rings. The zero-order valence-corrected chi connectivity index (χ0v) is 25.5. The van der Waals surface area contributed by atoms with Crippen LogP contribution in [0.5, 0.6) is 0 Å². The van der Waals surface area contributed by atoms with Crippen molar-refractivity contribution in [1.29, 1.82) is 0 Å². The van der Waals surface area contributed by atoms with Gasteiger partial charge in [0.05, 0.1) is 23.3 Å². The Morgan fingerprint density at radius 1 is 1.08 bits per heavy atom.